The number of nitrogens with zero attached hydrogens (tertiary/aromatic N) is 3. The second-order valence-corrected chi connectivity index (χ2v) is 5.57. The third-order valence-electron chi connectivity index (χ3n) is 3.20. The second kappa shape index (κ2) is 4.45. The van der Waals surface area contributed by atoms with Gasteiger partial charge < -0.3 is 5.32 Å². The Balaban J connectivity index is 1.97. The Morgan fingerprint density at radius 1 is 1.19 bits per heavy atom. The van der Waals surface area contributed by atoms with E-state index in [2.05, 4.69) is 20.6 Å². The SMILES string of the molecule is O=C1CS/C(=C\c2nnc3c4ccccc4c(=O)[nH]n23)N1. The first kappa shape index (κ1) is 12.2. The number of carbonyl (C=O) groups excluding carboxylic acids is 1. The first-order valence-electron chi connectivity index (χ1n) is 6.23. The molecule has 8 heteroatoms. The van der Waals surface area contributed by atoms with Crippen molar-refractivity contribution in [1.29, 1.82) is 0 Å². The molecule has 4 rings (SSSR count). The van der Waals surface area contributed by atoms with Crippen LogP contribution in [0.15, 0.2) is 34.1 Å². The van der Waals surface area contributed by atoms with Gasteiger partial charge in [0.25, 0.3) is 5.56 Å². The molecule has 1 aliphatic rings. The molecule has 1 fully saturated rings. The highest BCUT2D eigenvalue weighted by Gasteiger charge is 2.17. The predicted octanol–water partition coefficient (Wildman–Crippen LogP) is 0.732. The Kier molecular flexibility index (Phi) is 2.58. The molecule has 1 amide bonds. The van der Waals surface area contributed by atoms with E-state index in [1.54, 1.807) is 18.2 Å². The minimum absolute atomic E-state index is 0.0426. The smallest absolute Gasteiger partial charge is 0.270 e. The number of hydrogen-bond acceptors (Lipinski definition) is 5. The summed E-state index contributed by atoms with van der Waals surface area (Å²) in [5.74, 6) is 0.818. The van der Waals surface area contributed by atoms with Crippen LogP contribution in [0.25, 0.3) is 22.5 Å². The Hall–Kier alpha value is -2.61. The Bertz CT molecular complexity index is 972. The van der Waals surface area contributed by atoms with Crippen LogP contribution in [0.3, 0.4) is 0 Å². The Labute approximate surface area is 122 Å². The van der Waals surface area contributed by atoms with Gasteiger partial charge in [-0.05, 0) is 6.07 Å². The number of benzene rings is 1. The van der Waals surface area contributed by atoms with E-state index in [-0.39, 0.29) is 11.5 Å². The van der Waals surface area contributed by atoms with Crippen LogP contribution < -0.4 is 10.9 Å². The van der Waals surface area contributed by atoms with Gasteiger partial charge in [-0.25, -0.2) is 4.52 Å². The summed E-state index contributed by atoms with van der Waals surface area (Å²) in [5.41, 5.74) is 0.368. The normalized spacial score (nSPS) is 17.0. The molecule has 104 valence electrons. The summed E-state index contributed by atoms with van der Waals surface area (Å²) in [5, 5.41) is 15.7. The molecule has 2 aromatic heterocycles. The number of hydrogen-bond donors (Lipinski definition) is 2. The maximum absolute atomic E-state index is 12.1. The molecule has 1 aliphatic heterocycles. The van der Waals surface area contributed by atoms with E-state index in [1.165, 1.54) is 16.3 Å². The van der Waals surface area contributed by atoms with Crippen molar-refractivity contribution in [2.45, 2.75) is 0 Å². The Morgan fingerprint density at radius 3 is 2.76 bits per heavy atom. The Morgan fingerprint density at radius 2 is 2.00 bits per heavy atom. The number of thioether (sulfide) groups is 1. The highest BCUT2D eigenvalue weighted by atomic mass is 32.2. The molecule has 7 nitrogen and oxygen atoms in total. The average Bonchev–Trinajstić information content (AvgIpc) is 3.07. The lowest BCUT2D eigenvalue weighted by Crippen LogP contribution is -2.15. The summed E-state index contributed by atoms with van der Waals surface area (Å²) in [4.78, 5) is 23.3. The van der Waals surface area contributed by atoms with Gasteiger partial charge in [-0.3, -0.25) is 14.7 Å². The lowest BCUT2D eigenvalue weighted by molar-refractivity contribution is -0.117. The molecule has 0 spiro atoms. The van der Waals surface area contributed by atoms with Crippen molar-refractivity contribution in [1.82, 2.24) is 25.1 Å². The largest absolute Gasteiger partial charge is 0.320 e. The number of carbonyl (C=O) groups is 1. The number of aromatic amines is 1. The van der Waals surface area contributed by atoms with Crippen LogP contribution in [0, 0.1) is 0 Å². The summed E-state index contributed by atoms with van der Waals surface area (Å²) >= 11 is 1.39. The average molecular weight is 299 g/mol. The molecule has 0 aliphatic carbocycles. The molecule has 0 unspecified atom stereocenters. The van der Waals surface area contributed by atoms with Gasteiger partial charge in [-0.1, -0.05) is 30.0 Å². The third-order valence-corrected chi connectivity index (χ3v) is 4.13. The van der Waals surface area contributed by atoms with Crippen molar-refractivity contribution in [3.05, 3.63) is 45.5 Å². The van der Waals surface area contributed by atoms with Gasteiger partial charge in [0.15, 0.2) is 11.5 Å². The van der Waals surface area contributed by atoms with Crippen LogP contribution in [0.4, 0.5) is 0 Å². The lowest BCUT2D eigenvalue weighted by atomic mass is 10.2. The van der Waals surface area contributed by atoms with Crippen LogP contribution in [0.2, 0.25) is 0 Å². The minimum Gasteiger partial charge on any atom is -0.320 e. The van der Waals surface area contributed by atoms with Gasteiger partial charge in [0.05, 0.1) is 16.2 Å². The first-order chi connectivity index (χ1) is 10.2. The van der Waals surface area contributed by atoms with E-state index in [1.807, 2.05) is 12.1 Å². The maximum Gasteiger partial charge on any atom is 0.270 e. The zero-order valence-corrected chi connectivity index (χ0v) is 11.5. The molecule has 21 heavy (non-hydrogen) atoms. The van der Waals surface area contributed by atoms with Gasteiger partial charge in [0.1, 0.15) is 0 Å². The fourth-order valence-corrected chi connectivity index (χ4v) is 2.99. The standard InChI is InChI=1S/C13H9N5O2S/c19-10-6-21-11(14-10)5-9-15-16-12-7-3-1-2-4-8(7)13(20)17-18(9)12/h1-5H,6H2,(H,14,19)(H,17,20)/b11-5-. The van der Waals surface area contributed by atoms with Crippen LogP contribution in [-0.2, 0) is 4.79 Å². The number of fused-ring (bicyclic) bond motifs is 3. The monoisotopic (exact) mass is 299 g/mol. The zero-order valence-electron chi connectivity index (χ0n) is 10.7. The number of nitrogens with one attached hydrogen (secondary N) is 2. The van der Waals surface area contributed by atoms with Crippen LogP contribution in [0.5, 0.6) is 0 Å². The molecule has 0 atom stereocenters. The first-order valence-corrected chi connectivity index (χ1v) is 7.21. The van der Waals surface area contributed by atoms with Crippen LogP contribution in [-0.4, -0.2) is 31.5 Å². The molecule has 0 saturated carbocycles. The van der Waals surface area contributed by atoms with Crippen LogP contribution >= 0.6 is 11.8 Å². The van der Waals surface area contributed by atoms with E-state index in [9.17, 15) is 9.59 Å². The lowest BCUT2D eigenvalue weighted by Gasteiger charge is -2.00. The summed E-state index contributed by atoms with van der Waals surface area (Å²) in [7, 11) is 0. The number of aromatic nitrogens is 4. The van der Waals surface area contributed by atoms with Crippen molar-refractivity contribution in [2.24, 2.45) is 0 Å². The van der Waals surface area contributed by atoms with Crippen molar-refractivity contribution >= 4 is 40.2 Å². The molecular formula is C13H9N5O2S. The minimum atomic E-state index is -0.208. The third kappa shape index (κ3) is 1.91. The summed E-state index contributed by atoms with van der Waals surface area (Å²) in [6.07, 6.45) is 1.69. The topological polar surface area (TPSA) is 92.2 Å². The summed E-state index contributed by atoms with van der Waals surface area (Å²) in [6.45, 7) is 0. The van der Waals surface area contributed by atoms with Crippen molar-refractivity contribution in [3.63, 3.8) is 0 Å². The van der Waals surface area contributed by atoms with Crippen molar-refractivity contribution < 1.29 is 4.79 Å². The molecular weight excluding hydrogens is 290 g/mol. The quantitative estimate of drug-likeness (QED) is 0.691. The molecule has 1 saturated heterocycles. The summed E-state index contributed by atoms with van der Waals surface area (Å²) in [6, 6.07) is 7.23. The molecule has 2 N–H and O–H groups in total. The maximum atomic E-state index is 12.1. The predicted molar refractivity (Wildman–Crippen MR) is 79.7 cm³/mol. The van der Waals surface area contributed by atoms with Gasteiger partial charge in [0.2, 0.25) is 5.91 Å². The van der Waals surface area contributed by atoms with Crippen molar-refractivity contribution in [2.75, 3.05) is 5.75 Å². The molecule has 3 aromatic rings. The highest BCUT2D eigenvalue weighted by Crippen LogP contribution is 2.22. The number of amides is 1. The number of rotatable bonds is 1. The van der Waals surface area contributed by atoms with Crippen LogP contribution in [0.1, 0.15) is 5.82 Å². The summed E-state index contributed by atoms with van der Waals surface area (Å²) < 4.78 is 1.53. The van der Waals surface area contributed by atoms with Gasteiger partial charge in [0, 0.05) is 11.5 Å². The second-order valence-electron chi connectivity index (χ2n) is 4.55. The fraction of sp³-hybridized carbons (Fsp3) is 0.0769. The molecule has 1 aromatic carbocycles. The van der Waals surface area contributed by atoms with E-state index >= 15 is 0 Å². The number of H-pyrrole nitrogens is 1. The van der Waals surface area contributed by atoms with Gasteiger partial charge in [-0.2, -0.15) is 0 Å². The highest BCUT2D eigenvalue weighted by molar-refractivity contribution is 8.04. The van der Waals surface area contributed by atoms with Gasteiger partial charge in [-0.15, -0.1) is 10.2 Å². The van der Waals surface area contributed by atoms with E-state index in [4.69, 9.17) is 0 Å². The van der Waals surface area contributed by atoms with E-state index < -0.39 is 0 Å². The zero-order chi connectivity index (χ0) is 14.4. The molecule has 0 radical (unpaired) electrons. The van der Waals surface area contributed by atoms with Gasteiger partial charge >= 0.3 is 0 Å². The molecule has 3 heterocycles. The van der Waals surface area contributed by atoms with E-state index in [0.717, 1.165) is 5.39 Å². The molecule has 0 bridgehead atoms. The fourth-order valence-electron chi connectivity index (χ4n) is 2.26. The van der Waals surface area contributed by atoms with E-state index in [0.29, 0.717) is 27.6 Å². The van der Waals surface area contributed by atoms with Crippen molar-refractivity contribution in [3.8, 4) is 0 Å².